The molecule has 10 aromatic heterocycles. The van der Waals surface area contributed by atoms with E-state index in [1.54, 1.807) is 24.7 Å². The number of anilines is 4. The number of pyridine rings is 2. The predicted octanol–water partition coefficient (Wildman–Crippen LogP) is 19.9. The first-order chi connectivity index (χ1) is 70.5. The van der Waals surface area contributed by atoms with Gasteiger partial charge in [0.2, 0.25) is 29.7 Å². The maximum absolute atomic E-state index is 13.2. The van der Waals surface area contributed by atoms with Crippen molar-refractivity contribution in [2.75, 3.05) is 93.8 Å². The molecule has 145 heavy (non-hydrogen) atoms. The second kappa shape index (κ2) is 50.1. The molecular formula is C114H161N23O8. The van der Waals surface area contributed by atoms with E-state index < -0.39 is 0 Å². The van der Waals surface area contributed by atoms with Gasteiger partial charge in [0.15, 0.2) is 0 Å². The van der Waals surface area contributed by atoms with Gasteiger partial charge in [-0.25, -0.2) is 19.9 Å². The highest BCUT2D eigenvalue weighted by Crippen LogP contribution is 2.46. The molecule has 780 valence electrons. The van der Waals surface area contributed by atoms with Crippen molar-refractivity contribution in [1.29, 1.82) is 0 Å². The van der Waals surface area contributed by atoms with Crippen LogP contribution < -0.4 is 21.3 Å². The molecule has 5 saturated heterocycles. The topological polar surface area (TPSA) is 362 Å². The summed E-state index contributed by atoms with van der Waals surface area (Å²) < 4.78 is 9.43. The number of aliphatic hydroxyl groups is 4. The normalized spacial score (nSPS) is 23.3. The molecule has 4 amide bonds. The molecule has 0 unspecified atom stereocenters. The van der Waals surface area contributed by atoms with Crippen molar-refractivity contribution in [2.45, 2.75) is 370 Å². The lowest BCUT2D eigenvalue weighted by molar-refractivity contribution is -0.138. The molecule has 31 nitrogen and oxygen atoms in total. The van der Waals surface area contributed by atoms with Crippen molar-refractivity contribution < 1.29 is 39.6 Å². The summed E-state index contributed by atoms with van der Waals surface area (Å²) in [7, 11) is 2.13. The van der Waals surface area contributed by atoms with E-state index in [2.05, 4.69) is 152 Å². The molecule has 0 radical (unpaired) electrons. The average molecular weight is 1980 g/mol. The number of nitrogens with one attached hydrogen (secondary N) is 4. The van der Waals surface area contributed by atoms with Gasteiger partial charge in [-0.3, -0.25) is 29.1 Å². The number of aliphatic hydroxyl groups excluding tert-OH is 4. The van der Waals surface area contributed by atoms with E-state index in [1.165, 1.54) is 22.3 Å². The highest BCUT2D eigenvalue weighted by molar-refractivity contribution is 5.95. The van der Waals surface area contributed by atoms with Gasteiger partial charge >= 0.3 is 0 Å². The number of fused-ring (bicyclic) bond motifs is 4. The van der Waals surface area contributed by atoms with Gasteiger partial charge in [-0.05, 0) is 316 Å². The summed E-state index contributed by atoms with van der Waals surface area (Å²) in [6.07, 6.45) is 54.3. The lowest BCUT2D eigenvalue weighted by Crippen LogP contribution is -2.46. The number of carbonyl (C=O) groups excluding carboxylic acids is 4. The van der Waals surface area contributed by atoms with Gasteiger partial charge in [-0.1, -0.05) is 77.6 Å². The SMILES string of the molecule is CCC[C@H](C)Nc1ncc2c(C3CCN(C(=O)[C@H]4CCCN(C)C4)CC3)cn(C3CCC(O)CC3)c2n1.CCC[C@H](C)Nc1ncc2c(C3CCN(C(=O)c4ccccc4)CC3)cn(C3CCC(O)CC3)c2n1.CCC[C@H](C)Nc1ncc2c(C3CCN(C(=O)c4ccccn4)CC3)cn(C3CCC(O)CC3)c2n1.CCC[C@H](C)Nc1ncc2c(C3CCN(C(=O)c4cccnc4)CC3)cn(C3CCC(O)CC3)c2n1. The van der Waals surface area contributed by atoms with Crippen molar-refractivity contribution in [2.24, 2.45) is 5.92 Å². The van der Waals surface area contributed by atoms with E-state index >= 15 is 0 Å². The molecule has 4 aliphatic carbocycles. The van der Waals surface area contributed by atoms with Crippen molar-refractivity contribution >= 4 is 91.6 Å². The maximum Gasteiger partial charge on any atom is 0.272 e. The molecule has 20 rings (SSSR count). The number of carbonyl (C=O) groups is 4. The van der Waals surface area contributed by atoms with Crippen molar-refractivity contribution in [3.8, 4) is 0 Å². The minimum absolute atomic E-state index is 0.0116. The predicted molar refractivity (Wildman–Crippen MR) is 573 cm³/mol. The van der Waals surface area contributed by atoms with Crippen LogP contribution in [0.5, 0.6) is 0 Å². The van der Waals surface area contributed by atoms with Crippen LogP contribution in [0.15, 0.2) is 129 Å². The number of hydrogen-bond acceptors (Lipinski definition) is 23. The number of nitrogens with zero attached hydrogens (tertiary/aromatic N) is 19. The molecule has 0 bridgehead atoms. The zero-order valence-corrected chi connectivity index (χ0v) is 87.5. The van der Waals surface area contributed by atoms with E-state index in [0.717, 1.165) is 333 Å². The second-order valence-electron chi connectivity index (χ2n) is 43.6. The van der Waals surface area contributed by atoms with Crippen LogP contribution in [0, 0.1) is 5.92 Å². The number of aromatic nitrogens is 14. The van der Waals surface area contributed by atoms with Crippen molar-refractivity contribution in [3.63, 3.8) is 0 Å². The van der Waals surface area contributed by atoms with Gasteiger partial charge in [0.05, 0.1) is 35.9 Å². The first-order valence-electron chi connectivity index (χ1n) is 55.5. The Kier molecular flexibility index (Phi) is 36.3. The molecule has 9 fully saturated rings. The molecule has 31 heteroatoms. The van der Waals surface area contributed by atoms with Gasteiger partial charge in [0, 0.05) is 203 Å². The standard InChI is InChI=1S/C29H46N6O2.C29H39N5O2.2C28H38N6O2/c1-4-6-20(2)31-29-30-17-25-26(19-35(27(25)32-29)23-8-10-24(36)11-9-23)21-12-15-34(16-13-21)28(37)22-7-5-14-33(3)18-22;1-3-7-20(2)31-29-30-18-25-26(19-34(27(25)32-29)23-10-12-24(35)13-11-23)21-14-16-33(17-15-21)28(36)22-8-5-4-6-9-22;1-3-6-19(2)31-28-30-17-23-24(18-34(26(23)32-28)21-8-10-22(35)11-9-21)20-12-15-33(16-13-20)27(36)25-7-4-5-14-29-25;1-3-5-19(2)31-28-30-17-24-25(18-34(26(24)32-28)22-7-9-23(35)10-8-22)20-11-14-33(15-12-20)27(36)21-6-4-13-29-16-21/h17,19-24,36H,4-16,18H2,1-3H3,(H,30,31,32);4-6,8-9,18-21,23-24,35H,3,7,10-17H2,1-2H3,(H,30,31,32);4-5,7,14,17-22,35H,3,6,8-13,15-16H2,1-2H3,(H,30,31,32);4,6,13,16-20,22-23,35H,3,5,7-12,14-15H2,1-2H3,(H,30,31,32)/t20-,22-,23?,24?;20-,23?,24?;19-,21?,22?;19-,22?,23?/m0000/s1. The van der Waals surface area contributed by atoms with E-state index in [-0.39, 0.29) is 48.1 Å². The first-order valence-corrected chi connectivity index (χ1v) is 55.5. The zero-order chi connectivity index (χ0) is 101. The van der Waals surface area contributed by atoms with Crippen LogP contribution in [0.2, 0.25) is 0 Å². The fourth-order valence-electron chi connectivity index (χ4n) is 24.5. The van der Waals surface area contributed by atoms with Crippen LogP contribution in [-0.4, -0.2) is 258 Å². The van der Waals surface area contributed by atoms with Crippen LogP contribution in [0.4, 0.5) is 23.8 Å². The Morgan fingerprint density at radius 3 is 0.952 bits per heavy atom. The lowest BCUT2D eigenvalue weighted by Gasteiger charge is -2.37. The number of hydrogen-bond donors (Lipinski definition) is 8. The summed E-state index contributed by atoms with van der Waals surface area (Å²) in [5.74, 6) is 4.98. The Hall–Kier alpha value is -11.1. The quantitative estimate of drug-likeness (QED) is 0.0226. The number of rotatable bonds is 28. The van der Waals surface area contributed by atoms with Crippen LogP contribution in [0.1, 0.15) is 375 Å². The average Bonchev–Trinajstić information content (AvgIpc) is 1.63. The molecule has 11 aromatic rings. The minimum atomic E-state index is -0.190. The van der Waals surface area contributed by atoms with Crippen LogP contribution in [0.25, 0.3) is 44.1 Å². The highest BCUT2D eigenvalue weighted by atomic mass is 16.3. The third kappa shape index (κ3) is 26.2. The monoisotopic (exact) mass is 1980 g/mol. The van der Waals surface area contributed by atoms with Gasteiger partial charge in [0.25, 0.3) is 17.7 Å². The molecule has 9 aliphatic rings. The van der Waals surface area contributed by atoms with E-state index in [1.807, 2.05) is 94.1 Å². The Bertz CT molecular complexity index is 5550. The number of likely N-dealkylation sites (tertiary alicyclic amines) is 5. The Balaban J connectivity index is 0.000000132. The van der Waals surface area contributed by atoms with E-state index in [9.17, 15) is 39.6 Å². The lowest BCUT2D eigenvalue weighted by atomic mass is 9.88. The Labute approximate surface area is 856 Å². The van der Waals surface area contributed by atoms with E-state index in [0.29, 0.717) is 113 Å². The largest absolute Gasteiger partial charge is 0.393 e. The smallest absolute Gasteiger partial charge is 0.272 e. The number of benzene rings is 1. The molecule has 4 saturated carbocycles. The van der Waals surface area contributed by atoms with Gasteiger partial charge in [-0.15, -0.1) is 0 Å². The summed E-state index contributed by atoms with van der Waals surface area (Å²) in [5, 5.41) is 58.7. The fraction of sp³-hybridized carbons (Fsp3) is 0.614. The number of piperidine rings is 5. The van der Waals surface area contributed by atoms with Crippen LogP contribution >= 0.6 is 0 Å². The third-order valence-electron chi connectivity index (χ3n) is 32.7. The summed E-state index contributed by atoms with van der Waals surface area (Å²) in [4.78, 5) is 109. The van der Waals surface area contributed by atoms with E-state index in [4.69, 9.17) is 34.9 Å². The number of amides is 4. The molecule has 1 aromatic carbocycles. The van der Waals surface area contributed by atoms with Gasteiger partial charge in [0.1, 0.15) is 28.3 Å². The first kappa shape index (κ1) is 105. The second-order valence-corrected chi connectivity index (χ2v) is 43.6. The van der Waals surface area contributed by atoms with Crippen molar-refractivity contribution in [3.05, 3.63) is 168 Å². The molecular weight excluding hydrogens is 1820 g/mol. The van der Waals surface area contributed by atoms with Gasteiger partial charge < -0.3 is 84.5 Å². The maximum atomic E-state index is 13.2. The molecule has 15 heterocycles. The molecule has 8 N–H and O–H groups in total. The third-order valence-corrected chi connectivity index (χ3v) is 32.7. The van der Waals surface area contributed by atoms with Crippen LogP contribution in [0.3, 0.4) is 0 Å². The summed E-state index contributed by atoms with van der Waals surface area (Å²) in [6, 6.07) is 21.4. The summed E-state index contributed by atoms with van der Waals surface area (Å²) >= 11 is 0. The summed E-state index contributed by atoms with van der Waals surface area (Å²) in [6.45, 7) is 25.6. The highest BCUT2D eigenvalue weighted by Gasteiger charge is 2.39. The van der Waals surface area contributed by atoms with Gasteiger partial charge in [-0.2, -0.15) is 19.9 Å². The molecule has 5 atom stereocenters. The summed E-state index contributed by atoms with van der Waals surface area (Å²) in [5.41, 5.74) is 11.1. The van der Waals surface area contributed by atoms with Crippen molar-refractivity contribution in [1.82, 2.24) is 92.6 Å². The molecule has 0 spiro atoms. The fourth-order valence-corrected chi connectivity index (χ4v) is 24.5. The Morgan fingerprint density at radius 2 is 0.648 bits per heavy atom. The Morgan fingerprint density at radius 1 is 0.338 bits per heavy atom. The zero-order valence-electron chi connectivity index (χ0n) is 87.5. The van der Waals surface area contributed by atoms with Crippen LogP contribution in [-0.2, 0) is 4.79 Å². The molecule has 5 aliphatic heterocycles. The minimum Gasteiger partial charge on any atom is -0.393 e.